The van der Waals surface area contributed by atoms with Crippen molar-refractivity contribution in [1.82, 2.24) is 15.1 Å². The summed E-state index contributed by atoms with van der Waals surface area (Å²) in [7, 11) is 0. The van der Waals surface area contributed by atoms with E-state index in [1.807, 2.05) is 24.0 Å². The van der Waals surface area contributed by atoms with E-state index in [-0.39, 0.29) is 12.0 Å². The number of anilines is 1. The van der Waals surface area contributed by atoms with Crippen LogP contribution in [0.3, 0.4) is 0 Å². The van der Waals surface area contributed by atoms with Gasteiger partial charge in [-0.25, -0.2) is 4.79 Å². The summed E-state index contributed by atoms with van der Waals surface area (Å²) in [6, 6.07) is 8.53. The number of piperidine rings is 1. The summed E-state index contributed by atoms with van der Waals surface area (Å²) in [6.45, 7) is 10.9. The number of piperazine rings is 1. The molecular weight excluding hydrogens is 408 g/mol. The Morgan fingerprint density at radius 2 is 1.59 bits per heavy atom. The minimum Gasteiger partial charge on any atom is -0.450 e. The van der Waals surface area contributed by atoms with Crippen LogP contribution in [-0.4, -0.2) is 93.5 Å². The molecular formula is C24H38N4O4. The van der Waals surface area contributed by atoms with Gasteiger partial charge in [-0.3, -0.25) is 4.79 Å². The van der Waals surface area contributed by atoms with Crippen LogP contribution >= 0.6 is 0 Å². The Morgan fingerprint density at radius 1 is 0.938 bits per heavy atom. The number of ether oxygens (including phenoxy) is 2. The molecule has 178 valence electrons. The molecule has 2 fully saturated rings. The van der Waals surface area contributed by atoms with E-state index in [4.69, 9.17) is 9.47 Å². The van der Waals surface area contributed by atoms with Gasteiger partial charge in [0.05, 0.1) is 6.61 Å². The van der Waals surface area contributed by atoms with Crippen LogP contribution in [0.5, 0.6) is 0 Å². The topological polar surface area (TPSA) is 74.4 Å². The Morgan fingerprint density at radius 3 is 2.22 bits per heavy atom. The third-order valence-electron chi connectivity index (χ3n) is 6.17. The highest BCUT2D eigenvalue weighted by Crippen LogP contribution is 2.21. The fourth-order valence-electron chi connectivity index (χ4n) is 4.27. The highest BCUT2D eigenvalue weighted by molar-refractivity contribution is 5.94. The fraction of sp³-hybridized carbons (Fsp3) is 0.667. The molecule has 0 atom stereocenters. The first-order valence-corrected chi connectivity index (χ1v) is 12.0. The summed E-state index contributed by atoms with van der Waals surface area (Å²) in [5.74, 6) is 0.0232. The van der Waals surface area contributed by atoms with Gasteiger partial charge in [-0.15, -0.1) is 0 Å². The molecule has 8 heteroatoms. The number of benzene rings is 1. The fourth-order valence-corrected chi connectivity index (χ4v) is 4.27. The smallest absolute Gasteiger partial charge is 0.409 e. The first-order chi connectivity index (χ1) is 15.6. The highest BCUT2D eigenvalue weighted by atomic mass is 16.6. The van der Waals surface area contributed by atoms with E-state index >= 15 is 0 Å². The number of hydrogen-bond acceptors (Lipinski definition) is 6. The number of amides is 2. The maximum atomic E-state index is 12.9. The standard InChI is InChI=1S/C24H38N4O4/c1-3-31-19-5-12-25-21-10-13-26(14-11-21)22-8-6-20(7-9-22)23(29)27-15-17-28(18-16-27)24(30)32-4-2/h6-9,21,25H,3-5,10-19H2,1-2H3. The predicted octanol–water partition coefficient (Wildman–Crippen LogP) is 2.59. The Balaban J connectivity index is 1.41. The molecule has 3 rings (SSSR count). The number of carbonyl (C=O) groups is 2. The molecule has 2 amide bonds. The van der Waals surface area contributed by atoms with Gasteiger partial charge in [-0.1, -0.05) is 0 Å². The summed E-state index contributed by atoms with van der Waals surface area (Å²) < 4.78 is 10.4. The lowest BCUT2D eigenvalue weighted by Gasteiger charge is -2.35. The van der Waals surface area contributed by atoms with Gasteiger partial charge in [0.15, 0.2) is 0 Å². The van der Waals surface area contributed by atoms with Crippen molar-refractivity contribution in [3.63, 3.8) is 0 Å². The number of nitrogens with zero attached hydrogens (tertiary/aromatic N) is 3. The third-order valence-corrected chi connectivity index (χ3v) is 6.17. The minimum atomic E-state index is -0.298. The number of hydrogen-bond donors (Lipinski definition) is 1. The molecule has 2 saturated heterocycles. The normalized spacial score (nSPS) is 17.5. The average molecular weight is 447 g/mol. The van der Waals surface area contributed by atoms with Crippen molar-refractivity contribution < 1.29 is 19.1 Å². The summed E-state index contributed by atoms with van der Waals surface area (Å²) in [5, 5.41) is 3.64. The van der Waals surface area contributed by atoms with Crippen molar-refractivity contribution in [3.05, 3.63) is 29.8 Å². The molecule has 0 spiro atoms. The zero-order valence-electron chi connectivity index (χ0n) is 19.6. The van der Waals surface area contributed by atoms with E-state index < -0.39 is 0 Å². The molecule has 0 bridgehead atoms. The lowest BCUT2D eigenvalue weighted by Crippen LogP contribution is -2.50. The van der Waals surface area contributed by atoms with Crippen LogP contribution in [0.4, 0.5) is 10.5 Å². The summed E-state index contributed by atoms with van der Waals surface area (Å²) >= 11 is 0. The van der Waals surface area contributed by atoms with Crippen LogP contribution in [-0.2, 0) is 9.47 Å². The Hall–Kier alpha value is -2.32. The monoisotopic (exact) mass is 446 g/mol. The van der Waals surface area contributed by atoms with Crippen molar-refractivity contribution in [2.75, 3.05) is 70.5 Å². The molecule has 0 aromatic heterocycles. The molecule has 0 saturated carbocycles. The highest BCUT2D eigenvalue weighted by Gasteiger charge is 2.26. The maximum Gasteiger partial charge on any atom is 0.409 e. The maximum absolute atomic E-state index is 12.9. The van der Waals surface area contributed by atoms with Crippen LogP contribution in [0.1, 0.15) is 43.5 Å². The van der Waals surface area contributed by atoms with E-state index in [0.29, 0.717) is 44.4 Å². The predicted molar refractivity (Wildman–Crippen MR) is 125 cm³/mol. The number of rotatable bonds is 9. The molecule has 0 radical (unpaired) electrons. The third kappa shape index (κ3) is 6.84. The second-order valence-corrected chi connectivity index (χ2v) is 8.29. The van der Waals surface area contributed by atoms with Crippen molar-refractivity contribution >= 4 is 17.7 Å². The lowest BCUT2D eigenvalue weighted by molar-refractivity contribution is 0.0570. The van der Waals surface area contributed by atoms with Crippen molar-refractivity contribution in [1.29, 1.82) is 0 Å². The van der Waals surface area contributed by atoms with Gasteiger partial charge in [0.25, 0.3) is 5.91 Å². The van der Waals surface area contributed by atoms with Crippen molar-refractivity contribution in [2.45, 2.75) is 39.2 Å². The van der Waals surface area contributed by atoms with Gasteiger partial charge in [-0.2, -0.15) is 0 Å². The molecule has 0 aliphatic carbocycles. The minimum absolute atomic E-state index is 0.0232. The van der Waals surface area contributed by atoms with E-state index in [1.165, 1.54) is 5.69 Å². The van der Waals surface area contributed by atoms with Crippen LogP contribution in [0.25, 0.3) is 0 Å². The number of nitrogens with one attached hydrogen (secondary N) is 1. The van der Waals surface area contributed by atoms with Crippen LogP contribution in [0.2, 0.25) is 0 Å². The van der Waals surface area contributed by atoms with E-state index in [1.54, 1.807) is 11.8 Å². The van der Waals surface area contributed by atoms with E-state index in [0.717, 1.165) is 52.1 Å². The van der Waals surface area contributed by atoms with Gasteiger partial charge < -0.3 is 29.5 Å². The quantitative estimate of drug-likeness (QED) is 0.588. The second-order valence-electron chi connectivity index (χ2n) is 8.29. The van der Waals surface area contributed by atoms with Crippen LogP contribution in [0, 0.1) is 0 Å². The van der Waals surface area contributed by atoms with E-state index in [9.17, 15) is 9.59 Å². The van der Waals surface area contributed by atoms with Crippen LogP contribution in [0.15, 0.2) is 24.3 Å². The molecule has 1 N–H and O–H groups in total. The Kier molecular flexibility index (Phi) is 9.62. The van der Waals surface area contributed by atoms with Crippen LogP contribution < -0.4 is 10.2 Å². The number of carbonyl (C=O) groups excluding carboxylic acids is 2. The van der Waals surface area contributed by atoms with Gasteiger partial charge in [0, 0.05) is 69.8 Å². The molecule has 32 heavy (non-hydrogen) atoms. The molecule has 0 unspecified atom stereocenters. The van der Waals surface area contributed by atoms with Gasteiger partial charge in [0.1, 0.15) is 0 Å². The largest absolute Gasteiger partial charge is 0.450 e. The first-order valence-electron chi connectivity index (χ1n) is 12.0. The molecule has 1 aromatic carbocycles. The van der Waals surface area contributed by atoms with E-state index in [2.05, 4.69) is 22.3 Å². The molecule has 2 aliphatic rings. The molecule has 2 heterocycles. The first kappa shape index (κ1) is 24.3. The SMILES string of the molecule is CCOCCCNC1CCN(c2ccc(C(=O)N3CCN(C(=O)OCC)CC3)cc2)CC1. The summed E-state index contributed by atoms with van der Waals surface area (Å²) in [6.07, 6.45) is 3.01. The zero-order chi connectivity index (χ0) is 22.8. The zero-order valence-corrected chi connectivity index (χ0v) is 19.6. The molecule has 2 aliphatic heterocycles. The van der Waals surface area contributed by atoms with Crippen molar-refractivity contribution in [2.24, 2.45) is 0 Å². The second kappa shape index (κ2) is 12.6. The Labute approximate surface area is 191 Å². The molecule has 8 nitrogen and oxygen atoms in total. The lowest BCUT2D eigenvalue weighted by atomic mass is 10.0. The average Bonchev–Trinajstić information content (AvgIpc) is 2.84. The van der Waals surface area contributed by atoms with Gasteiger partial charge in [0.2, 0.25) is 0 Å². The van der Waals surface area contributed by atoms with Gasteiger partial charge >= 0.3 is 6.09 Å². The van der Waals surface area contributed by atoms with Gasteiger partial charge in [-0.05, 0) is 63.9 Å². The Bertz CT molecular complexity index is 711. The summed E-state index contributed by atoms with van der Waals surface area (Å²) in [5.41, 5.74) is 1.87. The summed E-state index contributed by atoms with van der Waals surface area (Å²) in [4.78, 5) is 30.6. The molecule has 1 aromatic rings. The van der Waals surface area contributed by atoms with Crippen molar-refractivity contribution in [3.8, 4) is 0 Å².